The molecular weight excluding hydrogens is 420 g/mol. The number of imidazole rings is 1. The highest BCUT2D eigenvalue weighted by atomic mass is 32.1. The molecule has 0 spiro atoms. The fourth-order valence-corrected chi connectivity index (χ4v) is 5.20. The predicted molar refractivity (Wildman–Crippen MR) is 128 cm³/mol. The number of hydrogen-bond donors (Lipinski definition) is 2. The number of amides is 1. The summed E-state index contributed by atoms with van der Waals surface area (Å²) in [5.74, 6) is 0.634. The van der Waals surface area contributed by atoms with E-state index in [4.69, 9.17) is 10.5 Å². The van der Waals surface area contributed by atoms with E-state index in [2.05, 4.69) is 22.4 Å². The van der Waals surface area contributed by atoms with E-state index in [0.717, 1.165) is 53.7 Å². The van der Waals surface area contributed by atoms with E-state index in [0.29, 0.717) is 10.8 Å². The van der Waals surface area contributed by atoms with Gasteiger partial charge in [0.1, 0.15) is 5.65 Å². The molecule has 164 valence electrons. The van der Waals surface area contributed by atoms with Gasteiger partial charge >= 0.3 is 0 Å². The number of hydrogen-bond acceptors (Lipinski definition) is 5. The number of methoxy groups -OCH3 is 1. The Morgan fingerprint density at radius 3 is 2.72 bits per heavy atom. The van der Waals surface area contributed by atoms with Crippen LogP contribution in [0.3, 0.4) is 0 Å². The summed E-state index contributed by atoms with van der Waals surface area (Å²) in [7, 11) is 1.66. The van der Waals surface area contributed by atoms with Crippen LogP contribution in [0, 0.1) is 0 Å². The molecule has 1 aliphatic rings. The molecule has 3 aromatic heterocycles. The normalized spacial score (nSPS) is 18.6. The Bertz CT molecular complexity index is 1250. The Hall–Kier alpha value is -3.16. The predicted octanol–water partition coefficient (Wildman–Crippen LogP) is 4.74. The van der Waals surface area contributed by atoms with Crippen LogP contribution in [0.15, 0.2) is 60.1 Å². The number of ether oxygens (including phenoxy) is 1. The second kappa shape index (κ2) is 8.76. The molecule has 32 heavy (non-hydrogen) atoms. The largest absolute Gasteiger partial charge is 0.482 e. The monoisotopic (exact) mass is 446 g/mol. The second-order valence-electron chi connectivity index (χ2n) is 8.22. The van der Waals surface area contributed by atoms with Crippen molar-refractivity contribution in [1.29, 1.82) is 0 Å². The van der Waals surface area contributed by atoms with Gasteiger partial charge < -0.3 is 15.8 Å². The zero-order valence-corrected chi connectivity index (χ0v) is 18.8. The Labute approximate surface area is 191 Å². The molecule has 7 heteroatoms. The Morgan fingerprint density at radius 2 is 1.94 bits per heavy atom. The number of carbonyl (C=O) groups excluding carboxylic acids is 1. The zero-order chi connectivity index (χ0) is 22.1. The smallest absolute Gasteiger partial charge is 0.261 e. The summed E-state index contributed by atoms with van der Waals surface area (Å²) in [6.45, 7) is 0. The maximum Gasteiger partial charge on any atom is 0.261 e. The lowest BCUT2D eigenvalue weighted by Gasteiger charge is -2.29. The van der Waals surface area contributed by atoms with Crippen LogP contribution in [0.1, 0.15) is 35.4 Å². The lowest BCUT2D eigenvalue weighted by atomic mass is 9.91. The summed E-state index contributed by atoms with van der Waals surface area (Å²) in [6.07, 6.45) is 5.99. The maximum atomic E-state index is 12.8. The van der Waals surface area contributed by atoms with Crippen LogP contribution in [-0.4, -0.2) is 34.5 Å². The summed E-state index contributed by atoms with van der Waals surface area (Å²) in [5, 5.41) is 5.12. The molecule has 3 N–H and O–H groups in total. The van der Waals surface area contributed by atoms with Gasteiger partial charge in [0.2, 0.25) is 0 Å². The first-order chi connectivity index (χ1) is 15.6. The molecule has 6 nitrogen and oxygen atoms in total. The van der Waals surface area contributed by atoms with Crippen molar-refractivity contribution in [2.45, 2.75) is 37.8 Å². The first-order valence-corrected chi connectivity index (χ1v) is 11.8. The number of pyridine rings is 1. The van der Waals surface area contributed by atoms with Crippen LogP contribution >= 0.6 is 11.3 Å². The van der Waals surface area contributed by atoms with Crippen LogP contribution in [0.2, 0.25) is 0 Å². The van der Waals surface area contributed by atoms with Gasteiger partial charge in [-0.05, 0) is 36.1 Å². The van der Waals surface area contributed by atoms with Gasteiger partial charge in [-0.15, -0.1) is 11.3 Å². The first kappa shape index (κ1) is 20.7. The zero-order valence-electron chi connectivity index (χ0n) is 18.0. The fraction of sp³-hybridized carbons (Fsp3) is 0.280. The molecule has 0 unspecified atom stereocenters. The number of rotatable bonds is 5. The molecule has 0 radical (unpaired) electrons. The third-order valence-corrected chi connectivity index (χ3v) is 7.07. The van der Waals surface area contributed by atoms with Crippen molar-refractivity contribution < 1.29 is 9.53 Å². The molecule has 1 fully saturated rings. The summed E-state index contributed by atoms with van der Waals surface area (Å²) in [5.41, 5.74) is 11.0. The number of carbonyl (C=O) groups is 1. The van der Waals surface area contributed by atoms with E-state index in [1.165, 1.54) is 11.3 Å². The highest BCUT2D eigenvalue weighted by Crippen LogP contribution is 2.33. The quantitative estimate of drug-likeness (QED) is 0.464. The number of thiophene rings is 1. The molecule has 1 aliphatic carbocycles. The van der Waals surface area contributed by atoms with E-state index in [9.17, 15) is 4.79 Å². The first-order valence-electron chi connectivity index (χ1n) is 10.9. The van der Waals surface area contributed by atoms with E-state index < -0.39 is 0 Å². The average molecular weight is 447 g/mol. The van der Waals surface area contributed by atoms with Crippen molar-refractivity contribution >= 4 is 22.9 Å². The number of nitrogens with two attached hydrogens (primary N) is 1. The molecule has 0 bridgehead atoms. The van der Waals surface area contributed by atoms with Gasteiger partial charge in [-0.1, -0.05) is 43.2 Å². The van der Waals surface area contributed by atoms with E-state index in [1.807, 2.05) is 52.4 Å². The van der Waals surface area contributed by atoms with Crippen LogP contribution in [0.25, 0.3) is 28.0 Å². The van der Waals surface area contributed by atoms with Crippen LogP contribution < -0.4 is 15.8 Å². The number of fused-ring (bicyclic) bond motifs is 1. The van der Waals surface area contributed by atoms with Gasteiger partial charge in [-0.2, -0.15) is 0 Å². The molecule has 1 saturated carbocycles. The maximum absolute atomic E-state index is 12.8. The van der Waals surface area contributed by atoms with E-state index in [1.54, 1.807) is 7.11 Å². The van der Waals surface area contributed by atoms with Crippen LogP contribution in [0.4, 0.5) is 0 Å². The minimum atomic E-state index is -0.0595. The van der Waals surface area contributed by atoms with Crippen molar-refractivity contribution in [1.82, 2.24) is 14.7 Å². The third-order valence-electron chi connectivity index (χ3n) is 6.14. The third kappa shape index (κ3) is 3.89. The number of nitrogens with zero attached hydrogens (tertiary/aromatic N) is 2. The van der Waals surface area contributed by atoms with Gasteiger partial charge in [0, 0.05) is 29.1 Å². The fourth-order valence-electron chi connectivity index (χ4n) is 4.40. The minimum absolute atomic E-state index is 0.0361. The molecule has 1 aromatic carbocycles. The van der Waals surface area contributed by atoms with E-state index in [-0.39, 0.29) is 18.0 Å². The number of aromatic nitrogens is 2. The SMILES string of the molecule is COc1cc(-c2ccccc2)cc2ncc(-c3csc(C(=O)N[C@H]4CCCC[C@@H]4N)c3)n12. The van der Waals surface area contributed by atoms with E-state index >= 15 is 0 Å². The van der Waals surface area contributed by atoms with Crippen molar-refractivity contribution in [2.75, 3.05) is 7.11 Å². The molecule has 1 amide bonds. The summed E-state index contributed by atoms with van der Waals surface area (Å²) in [4.78, 5) is 18.1. The summed E-state index contributed by atoms with van der Waals surface area (Å²) >= 11 is 1.43. The molecule has 0 saturated heterocycles. The highest BCUT2D eigenvalue weighted by molar-refractivity contribution is 7.12. The topological polar surface area (TPSA) is 81.6 Å². The van der Waals surface area contributed by atoms with Crippen LogP contribution in [-0.2, 0) is 0 Å². The summed E-state index contributed by atoms with van der Waals surface area (Å²) in [6, 6.07) is 16.2. The van der Waals surface area contributed by atoms with Crippen molar-refractivity contribution in [3.63, 3.8) is 0 Å². The standard InChI is InChI=1S/C25H26N4O2S/c1-31-24-13-17(16-7-3-2-4-8-16)12-23-27-14-21(29(23)24)18-11-22(32-15-18)25(30)28-20-10-6-5-9-19(20)26/h2-4,7-8,11-15,19-20H,5-6,9-10,26H2,1H3,(H,28,30)/t19-,20-/m0/s1. The number of nitrogens with one attached hydrogen (secondary N) is 1. The van der Waals surface area contributed by atoms with Gasteiger partial charge in [-0.25, -0.2) is 4.98 Å². The van der Waals surface area contributed by atoms with Crippen molar-refractivity contribution in [3.05, 3.63) is 65.0 Å². The Morgan fingerprint density at radius 1 is 1.12 bits per heavy atom. The lowest BCUT2D eigenvalue weighted by Crippen LogP contribution is -2.49. The molecule has 3 heterocycles. The molecule has 0 aliphatic heterocycles. The molecule has 5 rings (SSSR count). The molecular formula is C25H26N4O2S. The van der Waals surface area contributed by atoms with Gasteiger partial charge in [0.05, 0.1) is 23.9 Å². The van der Waals surface area contributed by atoms with Gasteiger partial charge in [0.15, 0.2) is 5.88 Å². The lowest BCUT2D eigenvalue weighted by molar-refractivity contribution is 0.0925. The molecule has 2 atom stereocenters. The van der Waals surface area contributed by atoms with Gasteiger partial charge in [-0.3, -0.25) is 9.20 Å². The Kier molecular flexibility index (Phi) is 5.68. The highest BCUT2D eigenvalue weighted by Gasteiger charge is 2.24. The second-order valence-corrected chi connectivity index (χ2v) is 9.13. The van der Waals surface area contributed by atoms with Crippen molar-refractivity contribution in [3.8, 4) is 28.3 Å². The molecule has 4 aromatic rings. The van der Waals surface area contributed by atoms with Crippen molar-refractivity contribution in [2.24, 2.45) is 5.73 Å². The average Bonchev–Trinajstić information content (AvgIpc) is 3.48. The van der Waals surface area contributed by atoms with Gasteiger partial charge in [0.25, 0.3) is 5.91 Å². The summed E-state index contributed by atoms with van der Waals surface area (Å²) < 4.78 is 7.69. The van der Waals surface area contributed by atoms with Crippen LogP contribution in [0.5, 0.6) is 5.88 Å². The Balaban J connectivity index is 1.45. The minimum Gasteiger partial charge on any atom is -0.482 e. The number of benzene rings is 1.